The first kappa shape index (κ1) is 41.1. The van der Waals surface area contributed by atoms with Gasteiger partial charge in [-0.1, -0.05) is 12.2 Å². The minimum absolute atomic E-state index is 0.0242. The first-order valence-corrected chi connectivity index (χ1v) is 23.2. The summed E-state index contributed by atoms with van der Waals surface area (Å²) in [6.07, 6.45) is 12.8. The number of imidazole rings is 1. The first-order chi connectivity index (χ1) is 26.6. The Morgan fingerprint density at radius 1 is 0.930 bits per heavy atom. The summed E-state index contributed by atoms with van der Waals surface area (Å²) in [5, 5.41) is 9.08. The van der Waals surface area contributed by atoms with Crippen LogP contribution < -0.4 is 10.6 Å². The second-order valence-corrected chi connectivity index (χ2v) is 20.3. The minimum Gasteiger partial charge on any atom is -0.343 e. The number of hydrogen-bond donors (Lipinski definition) is 4. The van der Waals surface area contributed by atoms with E-state index in [0.29, 0.717) is 53.2 Å². The molecule has 2 aliphatic carbocycles. The van der Waals surface area contributed by atoms with Crippen LogP contribution in [0.15, 0.2) is 105 Å². The van der Waals surface area contributed by atoms with E-state index in [0.717, 1.165) is 40.2 Å². The zero-order chi connectivity index (χ0) is 41.3. The van der Waals surface area contributed by atoms with E-state index in [1.54, 1.807) is 42.6 Å². The maximum atomic E-state index is 13.4. The third-order valence-electron chi connectivity index (χ3n) is 11.4. The fraction of sp³-hybridized carbons (Fsp3) is 0.351. The van der Waals surface area contributed by atoms with E-state index >= 15 is 0 Å². The van der Waals surface area contributed by atoms with Gasteiger partial charge in [0, 0.05) is 64.9 Å². The van der Waals surface area contributed by atoms with E-state index < -0.39 is 52.7 Å². The topological polar surface area (TPSA) is 226 Å². The van der Waals surface area contributed by atoms with Crippen molar-refractivity contribution in [2.45, 2.75) is 60.2 Å². The molecule has 1 fully saturated rings. The monoisotopic (exact) mass is 861 g/mol. The summed E-state index contributed by atoms with van der Waals surface area (Å²) in [6.45, 7) is 3.80. The first-order valence-electron chi connectivity index (χ1n) is 17.8. The molecule has 2 unspecified atom stereocenters. The van der Waals surface area contributed by atoms with Gasteiger partial charge >= 0.3 is 5.69 Å². The summed E-state index contributed by atoms with van der Waals surface area (Å²) in [4.78, 5) is 15.4. The zero-order valence-electron chi connectivity index (χ0n) is 31.1. The van der Waals surface area contributed by atoms with Crippen LogP contribution in [0.25, 0.3) is 5.70 Å². The molecule has 16 nitrogen and oxygen atoms in total. The molecular formula is C37H41N4O12S4+. The fourth-order valence-corrected chi connectivity index (χ4v) is 10.5. The molecule has 2 aliphatic heterocycles. The lowest BCUT2D eigenvalue weighted by Gasteiger charge is -2.26. The van der Waals surface area contributed by atoms with Crippen LogP contribution in [0.5, 0.6) is 0 Å². The molecule has 57 heavy (non-hydrogen) atoms. The molecule has 0 bridgehead atoms. The quantitative estimate of drug-likeness (QED) is 0.0457. The second kappa shape index (κ2) is 14.6. The highest BCUT2D eigenvalue weighted by Crippen LogP contribution is 2.57. The Balaban J connectivity index is 1.34. The van der Waals surface area contributed by atoms with Crippen molar-refractivity contribution >= 4 is 65.2 Å². The number of aryl methyl sites for hydroxylation is 1. The van der Waals surface area contributed by atoms with Crippen LogP contribution in [0.1, 0.15) is 50.7 Å². The smallest absolute Gasteiger partial charge is 0.332 e. The normalized spacial score (nSPS) is 23.0. The van der Waals surface area contributed by atoms with Crippen LogP contribution in [0, 0.1) is 0 Å². The fourth-order valence-electron chi connectivity index (χ4n) is 8.75. The average molecular weight is 862 g/mol. The van der Waals surface area contributed by atoms with Gasteiger partial charge in [-0.15, -0.1) is 0 Å². The summed E-state index contributed by atoms with van der Waals surface area (Å²) >= 11 is 0.779. The third-order valence-corrected chi connectivity index (χ3v) is 14.2. The molecule has 0 spiro atoms. The largest absolute Gasteiger partial charge is 0.343 e. The highest BCUT2D eigenvalue weighted by atomic mass is 32.2. The second-order valence-electron chi connectivity index (χ2n) is 14.9. The van der Waals surface area contributed by atoms with Crippen molar-refractivity contribution in [1.29, 1.82) is 0 Å². The predicted octanol–water partition coefficient (Wildman–Crippen LogP) is 4.71. The Morgan fingerprint density at radius 2 is 1.65 bits per heavy atom. The summed E-state index contributed by atoms with van der Waals surface area (Å²) in [5.41, 5.74) is 4.78. The number of aromatic nitrogens is 2. The Morgan fingerprint density at radius 3 is 2.30 bits per heavy atom. The lowest BCUT2D eigenvalue weighted by molar-refractivity contribution is -0.432. The number of hydrogen-bond acceptors (Lipinski definition) is 11. The molecule has 4 N–H and O–H groups in total. The molecule has 7 rings (SSSR count). The summed E-state index contributed by atoms with van der Waals surface area (Å²) in [7, 11) is -11.6. The number of allylic oxidation sites excluding steroid dienone is 8. The van der Waals surface area contributed by atoms with Crippen LogP contribution in [-0.4, -0.2) is 88.2 Å². The van der Waals surface area contributed by atoms with Crippen LogP contribution >= 0.6 is 12.0 Å². The molecule has 1 aromatic heterocycles. The van der Waals surface area contributed by atoms with E-state index in [9.17, 15) is 43.7 Å². The maximum absolute atomic E-state index is 13.4. The van der Waals surface area contributed by atoms with Gasteiger partial charge in [-0.3, -0.25) is 18.2 Å². The van der Waals surface area contributed by atoms with Gasteiger partial charge in [0.2, 0.25) is 5.69 Å². The van der Waals surface area contributed by atoms with E-state index in [1.807, 2.05) is 42.7 Å². The van der Waals surface area contributed by atoms with E-state index in [1.165, 1.54) is 27.3 Å². The van der Waals surface area contributed by atoms with Gasteiger partial charge in [0.25, 0.3) is 30.4 Å². The summed E-state index contributed by atoms with van der Waals surface area (Å²) < 4.78 is 110. The predicted molar refractivity (Wildman–Crippen MR) is 214 cm³/mol. The molecule has 1 saturated carbocycles. The molecule has 20 heteroatoms. The van der Waals surface area contributed by atoms with Crippen molar-refractivity contribution in [2.75, 3.05) is 29.5 Å². The summed E-state index contributed by atoms with van der Waals surface area (Å²) in [5.74, 6) is -1.11. The molecule has 2 atom stereocenters. The SMILES string of the molecule is Cn1ccn(C(C=CC2=C3N(CCS(=O)(=O)O)c4ccc(S(=O)(=O)O)cc4C3(C)CC2)=CC=C2CCC3(C)C2=[N+](CCS(=O)(=O)O)c2ccc(SOO)cc23)c1=O. The standard InChI is InChI=1S/C37H40N4O12S4/c1-36-14-12-24(33(36)40(18-20-55(44,45)46)31-10-8-27(54-53-43)22-29(31)36)4-6-26(39-17-16-38(3)35(39)42)7-5-25-13-15-37(2)30-23-28(57(50,51)52)9-11-32(30)41(34(25)37)19-21-56(47,48)49/h4-11,16-17,22-23H,12-15,18-21H2,1-3H3,(H3-,43,44,45,46,47,48,49,50,51,52)/p+1. The highest BCUT2D eigenvalue weighted by Gasteiger charge is 2.54. The van der Waals surface area contributed by atoms with E-state index in [-0.39, 0.29) is 23.7 Å². The van der Waals surface area contributed by atoms with Crippen molar-refractivity contribution in [2.24, 2.45) is 7.05 Å². The molecular weight excluding hydrogens is 821 g/mol. The Labute approximate surface area is 334 Å². The zero-order valence-corrected chi connectivity index (χ0v) is 34.3. The Kier molecular flexibility index (Phi) is 10.5. The lowest BCUT2D eigenvalue weighted by atomic mass is 9.81. The Hall–Kier alpha value is -4.12. The van der Waals surface area contributed by atoms with Crippen LogP contribution in [-0.2, 0) is 52.6 Å². The number of anilines is 1. The molecule has 0 amide bonds. The van der Waals surface area contributed by atoms with Crippen molar-refractivity contribution < 1.29 is 53.1 Å². The molecule has 2 aromatic carbocycles. The lowest BCUT2D eigenvalue weighted by Crippen LogP contribution is -2.30. The maximum Gasteiger partial charge on any atom is 0.332 e. The number of benzene rings is 2. The van der Waals surface area contributed by atoms with Crippen LogP contribution in [0.2, 0.25) is 0 Å². The number of nitrogens with zero attached hydrogens (tertiary/aromatic N) is 4. The number of rotatable bonds is 13. The molecule has 0 radical (unpaired) electrons. The van der Waals surface area contributed by atoms with Crippen molar-refractivity contribution in [3.05, 3.63) is 112 Å². The van der Waals surface area contributed by atoms with Gasteiger partial charge < -0.3 is 9.47 Å². The van der Waals surface area contributed by atoms with Gasteiger partial charge in [0.15, 0.2) is 12.3 Å². The molecule has 4 aliphatic rings. The van der Waals surface area contributed by atoms with E-state index in [4.69, 9.17) is 5.26 Å². The van der Waals surface area contributed by atoms with Crippen molar-refractivity contribution in [1.82, 2.24) is 9.13 Å². The summed E-state index contributed by atoms with van der Waals surface area (Å²) in [6, 6.07) is 9.58. The van der Waals surface area contributed by atoms with Crippen molar-refractivity contribution in [3.63, 3.8) is 0 Å². The molecule has 304 valence electrons. The highest BCUT2D eigenvalue weighted by molar-refractivity contribution is 7.94. The minimum atomic E-state index is -4.55. The average Bonchev–Trinajstić information content (AvgIpc) is 3.87. The van der Waals surface area contributed by atoms with Gasteiger partial charge in [0.05, 0.1) is 33.8 Å². The van der Waals surface area contributed by atoms with Gasteiger partial charge in [-0.05, 0) is 93.2 Å². The van der Waals surface area contributed by atoms with E-state index in [2.05, 4.69) is 4.33 Å². The third kappa shape index (κ3) is 7.65. The van der Waals surface area contributed by atoms with Crippen molar-refractivity contribution in [3.8, 4) is 0 Å². The van der Waals surface area contributed by atoms with Crippen LogP contribution in [0.3, 0.4) is 0 Å². The van der Waals surface area contributed by atoms with Gasteiger partial charge in [-0.2, -0.15) is 34.2 Å². The molecule has 0 saturated heterocycles. The van der Waals surface area contributed by atoms with Gasteiger partial charge in [-0.25, -0.2) is 10.1 Å². The van der Waals surface area contributed by atoms with Crippen LogP contribution in [0.4, 0.5) is 11.4 Å². The molecule has 3 heterocycles. The Bertz CT molecular complexity index is 2760. The van der Waals surface area contributed by atoms with Gasteiger partial charge in [0.1, 0.15) is 5.75 Å². The number of fused-ring (bicyclic) bond motifs is 6. The molecule has 3 aromatic rings.